The second-order valence-electron chi connectivity index (χ2n) is 4.54. The van der Waals surface area contributed by atoms with Crippen molar-refractivity contribution in [2.24, 2.45) is 0 Å². The maximum absolute atomic E-state index is 12.5. The predicted molar refractivity (Wildman–Crippen MR) is 70.1 cm³/mol. The molecule has 1 aromatic rings. The molecule has 8 heteroatoms. The molecule has 7 nitrogen and oxygen atoms in total. The van der Waals surface area contributed by atoms with E-state index in [4.69, 9.17) is 4.74 Å². The molecular formula is C11H20N4O3S. The van der Waals surface area contributed by atoms with E-state index >= 15 is 0 Å². The number of hydrogen-bond donors (Lipinski definition) is 2. The Morgan fingerprint density at radius 3 is 3.05 bits per heavy atom. The molecule has 0 aliphatic carbocycles. The SMILES string of the molecule is CCNCc1cn[nH]c1S(=O)(=O)N(C)C1CCOC1. The molecule has 1 aliphatic rings. The zero-order chi connectivity index (χ0) is 13.9. The lowest BCUT2D eigenvalue weighted by Gasteiger charge is -2.22. The number of nitrogens with zero attached hydrogens (tertiary/aromatic N) is 2. The van der Waals surface area contributed by atoms with Gasteiger partial charge >= 0.3 is 0 Å². The van der Waals surface area contributed by atoms with Crippen molar-refractivity contribution in [1.29, 1.82) is 0 Å². The van der Waals surface area contributed by atoms with Crippen molar-refractivity contribution in [2.75, 3.05) is 26.8 Å². The molecule has 108 valence electrons. The van der Waals surface area contributed by atoms with E-state index in [9.17, 15) is 8.42 Å². The topological polar surface area (TPSA) is 87.3 Å². The number of H-pyrrole nitrogens is 1. The summed E-state index contributed by atoms with van der Waals surface area (Å²) in [6.45, 7) is 4.29. The second kappa shape index (κ2) is 6.00. The highest BCUT2D eigenvalue weighted by molar-refractivity contribution is 7.89. The van der Waals surface area contributed by atoms with Crippen LogP contribution in [0.2, 0.25) is 0 Å². The molecule has 1 unspecified atom stereocenters. The molecule has 0 spiro atoms. The van der Waals surface area contributed by atoms with Crippen LogP contribution in [0.25, 0.3) is 0 Å². The van der Waals surface area contributed by atoms with Gasteiger partial charge in [-0.1, -0.05) is 6.92 Å². The third kappa shape index (κ3) is 2.97. The van der Waals surface area contributed by atoms with Gasteiger partial charge < -0.3 is 10.1 Å². The van der Waals surface area contributed by atoms with Gasteiger partial charge in [0.25, 0.3) is 10.0 Å². The zero-order valence-electron chi connectivity index (χ0n) is 11.2. The van der Waals surface area contributed by atoms with Gasteiger partial charge in [0.2, 0.25) is 0 Å². The molecule has 1 aliphatic heterocycles. The fourth-order valence-corrected chi connectivity index (χ4v) is 3.53. The van der Waals surface area contributed by atoms with Gasteiger partial charge in [0.05, 0.1) is 18.8 Å². The number of ether oxygens (including phenoxy) is 1. The summed E-state index contributed by atoms with van der Waals surface area (Å²) in [5, 5.41) is 9.72. The van der Waals surface area contributed by atoms with Crippen LogP contribution in [0.1, 0.15) is 18.9 Å². The molecule has 2 rings (SSSR count). The van der Waals surface area contributed by atoms with E-state index in [0.29, 0.717) is 25.3 Å². The van der Waals surface area contributed by atoms with Gasteiger partial charge in [0.1, 0.15) is 0 Å². The normalized spacial score (nSPS) is 20.3. The fraction of sp³-hybridized carbons (Fsp3) is 0.727. The van der Waals surface area contributed by atoms with Crippen LogP contribution in [-0.4, -0.2) is 55.8 Å². The first-order chi connectivity index (χ1) is 9.07. The molecule has 0 saturated carbocycles. The van der Waals surface area contributed by atoms with Gasteiger partial charge in [-0.3, -0.25) is 5.10 Å². The Balaban J connectivity index is 2.21. The van der Waals surface area contributed by atoms with E-state index in [1.165, 1.54) is 4.31 Å². The van der Waals surface area contributed by atoms with Crippen molar-refractivity contribution in [1.82, 2.24) is 19.8 Å². The van der Waals surface area contributed by atoms with Crippen LogP contribution in [0.4, 0.5) is 0 Å². The number of likely N-dealkylation sites (N-methyl/N-ethyl adjacent to an activating group) is 1. The van der Waals surface area contributed by atoms with Gasteiger partial charge in [0, 0.05) is 25.8 Å². The standard InChI is InChI=1S/C11H20N4O3S/c1-3-12-6-9-7-13-14-11(9)19(16,17)15(2)10-4-5-18-8-10/h7,10,12H,3-6,8H2,1-2H3,(H,13,14). The summed E-state index contributed by atoms with van der Waals surface area (Å²) in [6.07, 6.45) is 2.28. The number of aromatic nitrogens is 2. The summed E-state index contributed by atoms with van der Waals surface area (Å²) in [4.78, 5) is 0. The molecule has 1 atom stereocenters. The van der Waals surface area contributed by atoms with Crippen LogP contribution in [0, 0.1) is 0 Å². The Kier molecular flexibility index (Phi) is 4.56. The minimum absolute atomic E-state index is 0.0970. The Hall–Kier alpha value is -0.960. The predicted octanol–water partition coefficient (Wildman–Crippen LogP) is -0.0714. The van der Waals surface area contributed by atoms with E-state index in [1.807, 2.05) is 6.92 Å². The zero-order valence-corrected chi connectivity index (χ0v) is 12.0. The highest BCUT2D eigenvalue weighted by Crippen LogP contribution is 2.21. The van der Waals surface area contributed by atoms with E-state index in [-0.39, 0.29) is 11.1 Å². The van der Waals surface area contributed by atoms with Crippen molar-refractivity contribution in [3.63, 3.8) is 0 Å². The molecule has 0 radical (unpaired) electrons. The second-order valence-corrected chi connectivity index (χ2v) is 6.48. The smallest absolute Gasteiger partial charge is 0.260 e. The summed E-state index contributed by atoms with van der Waals surface area (Å²) < 4.78 is 31.7. The monoisotopic (exact) mass is 288 g/mol. The molecule has 0 amide bonds. The maximum atomic E-state index is 12.5. The van der Waals surface area contributed by atoms with E-state index < -0.39 is 10.0 Å². The Labute approximate surface area is 113 Å². The molecule has 0 bridgehead atoms. The van der Waals surface area contributed by atoms with Crippen LogP contribution in [0.15, 0.2) is 11.2 Å². The lowest BCUT2D eigenvalue weighted by atomic mass is 10.3. The molecule has 1 fully saturated rings. The van der Waals surface area contributed by atoms with Crippen molar-refractivity contribution >= 4 is 10.0 Å². The van der Waals surface area contributed by atoms with Crippen molar-refractivity contribution in [3.05, 3.63) is 11.8 Å². The number of rotatable bonds is 6. The summed E-state index contributed by atoms with van der Waals surface area (Å²) in [5.74, 6) is 0. The van der Waals surface area contributed by atoms with Gasteiger partial charge in [0.15, 0.2) is 5.03 Å². The average Bonchev–Trinajstić information content (AvgIpc) is 3.06. The summed E-state index contributed by atoms with van der Waals surface area (Å²) >= 11 is 0. The van der Waals surface area contributed by atoms with Gasteiger partial charge in [-0.05, 0) is 13.0 Å². The Morgan fingerprint density at radius 1 is 1.63 bits per heavy atom. The molecule has 2 N–H and O–H groups in total. The minimum Gasteiger partial charge on any atom is -0.380 e. The number of nitrogens with one attached hydrogen (secondary N) is 2. The maximum Gasteiger partial charge on any atom is 0.260 e. The Bertz CT molecular complexity index is 508. The minimum atomic E-state index is -3.54. The highest BCUT2D eigenvalue weighted by atomic mass is 32.2. The summed E-state index contributed by atoms with van der Waals surface area (Å²) in [5.41, 5.74) is 0.660. The quantitative estimate of drug-likeness (QED) is 0.765. The fourth-order valence-electron chi connectivity index (χ4n) is 2.06. The van der Waals surface area contributed by atoms with Crippen LogP contribution < -0.4 is 5.32 Å². The first-order valence-electron chi connectivity index (χ1n) is 6.36. The van der Waals surface area contributed by atoms with Crippen LogP contribution >= 0.6 is 0 Å². The Morgan fingerprint density at radius 2 is 2.42 bits per heavy atom. The van der Waals surface area contributed by atoms with Crippen molar-refractivity contribution in [2.45, 2.75) is 31.0 Å². The van der Waals surface area contributed by atoms with Gasteiger partial charge in [-0.25, -0.2) is 8.42 Å². The first kappa shape index (κ1) is 14.4. The largest absolute Gasteiger partial charge is 0.380 e. The van der Waals surface area contributed by atoms with Gasteiger partial charge in [-0.2, -0.15) is 9.40 Å². The van der Waals surface area contributed by atoms with E-state index in [1.54, 1.807) is 13.2 Å². The number of hydrogen-bond acceptors (Lipinski definition) is 5. The van der Waals surface area contributed by atoms with Crippen LogP contribution in [0.3, 0.4) is 0 Å². The van der Waals surface area contributed by atoms with E-state index in [0.717, 1.165) is 13.0 Å². The lowest BCUT2D eigenvalue weighted by Crippen LogP contribution is -2.38. The first-order valence-corrected chi connectivity index (χ1v) is 7.80. The lowest BCUT2D eigenvalue weighted by molar-refractivity contribution is 0.180. The van der Waals surface area contributed by atoms with Crippen molar-refractivity contribution in [3.8, 4) is 0 Å². The number of aromatic amines is 1. The van der Waals surface area contributed by atoms with Crippen LogP contribution in [-0.2, 0) is 21.3 Å². The average molecular weight is 288 g/mol. The van der Waals surface area contributed by atoms with Gasteiger partial charge in [-0.15, -0.1) is 0 Å². The molecule has 1 aromatic heterocycles. The third-order valence-corrected chi connectivity index (χ3v) is 5.23. The molecule has 1 saturated heterocycles. The van der Waals surface area contributed by atoms with E-state index in [2.05, 4.69) is 15.5 Å². The van der Waals surface area contributed by atoms with Crippen molar-refractivity contribution < 1.29 is 13.2 Å². The summed E-state index contributed by atoms with van der Waals surface area (Å²) in [7, 11) is -1.96. The third-order valence-electron chi connectivity index (χ3n) is 3.30. The molecule has 2 heterocycles. The van der Waals surface area contributed by atoms with Crippen LogP contribution in [0.5, 0.6) is 0 Å². The molecule has 0 aromatic carbocycles. The molecule has 19 heavy (non-hydrogen) atoms. The molecular weight excluding hydrogens is 268 g/mol. The number of sulfonamides is 1. The summed E-state index contributed by atoms with van der Waals surface area (Å²) in [6, 6.07) is -0.0970. The highest BCUT2D eigenvalue weighted by Gasteiger charge is 2.33.